The number of nitrogens with one attached hydrogen (secondary N) is 3. The molecule has 4 rings (SSSR count). The Morgan fingerprint density at radius 2 is 1.85 bits per heavy atom. The number of rotatable bonds is 15. The van der Waals surface area contributed by atoms with Gasteiger partial charge in [-0.2, -0.15) is 8.42 Å². The lowest BCUT2D eigenvalue weighted by Crippen LogP contribution is -2.61. The molecule has 0 aromatic rings. The molecule has 52 heavy (non-hydrogen) atoms. The van der Waals surface area contributed by atoms with E-state index >= 15 is 0 Å². The van der Waals surface area contributed by atoms with Crippen LogP contribution in [0, 0.1) is 17.2 Å². The number of nitrogens with two attached hydrogens (primary N) is 1. The molecule has 3 fully saturated rings. The molecule has 1 aliphatic carbocycles. The highest BCUT2D eigenvalue weighted by Gasteiger charge is 2.52. The molecule has 20 nitrogen and oxygen atoms in total. The molecule has 10 N–H and O–H groups in total. The van der Waals surface area contributed by atoms with E-state index in [4.69, 9.17) is 29.9 Å². The first-order chi connectivity index (χ1) is 24.4. The van der Waals surface area contributed by atoms with Gasteiger partial charge in [-0.25, -0.2) is 4.18 Å². The van der Waals surface area contributed by atoms with E-state index in [1.807, 2.05) is 6.08 Å². The molecule has 11 unspecified atom stereocenters. The van der Waals surface area contributed by atoms with E-state index in [-0.39, 0.29) is 24.8 Å². The lowest BCUT2D eigenvalue weighted by Gasteiger charge is -2.43. The Morgan fingerprint density at radius 1 is 1.13 bits per heavy atom. The second-order valence-corrected chi connectivity index (χ2v) is 15.0. The Labute approximate surface area is 302 Å². The van der Waals surface area contributed by atoms with Crippen LogP contribution >= 0.6 is 0 Å². The zero-order valence-corrected chi connectivity index (χ0v) is 30.2. The first kappa shape index (κ1) is 41.8. The van der Waals surface area contributed by atoms with Crippen LogP contribution in [0.5, 0.6) is 0 Å². The molecule has 0 radical (unpaired) electrons. The smallest absolute Gasteiger partial charge is 0.394 e. The molecule has 3 heterocycles. The quantitative estimate of drug-likeness (QED) is 0.0339. The number of hydrogen-bond donors (Lipinski definition) is 9. The van der Waals surface area contributed by atoms with Crippen LogP contribution in [0.1, 0.15) is 46.0 Å². The van der Waals surface area contributed by atoms with E-state index in [2.05, 4.69) is 14.8 Å². The number of fused-ring (bicyclic) bond motifs is 1. The Balaban J connectivity index is 1.53. The topological polar surface area (TPSA) is 304 Å². The number of methoxy groups -OCH3 is 1. The monoisotopic (exact) mass is 764 g/mol. The van der Waals surface area contributed by atoms with E-state index in [1.54, 1.807) is 18.7 Å². The molecule has 2 saturated heterocycles. The molecular weight excluding hydrogens is 712 g/mol. The third-order valence-electron chi connectivity index (χ3n) is 10.1. The molecular formula is C31H52N6O14S. The van der Waals surface area contributed by atoms with Gasteiger partial charge in [0.25, 0.3) is 5.91 Å². The fourth-order valence-electron chi connectivity index (χ4n) is 7.22. The summed E-state index contributed by atoms with van der Waals surface area (Å²) < 4.78 is 52.1. The second kappa shape index (κ2) is 17.9. The molecule has 4 aliphatic rings. The lowest BCUT2D eigenvalue weighted by atomic mass is 9.82. The van der Waals surface area contributed by atoms with E-state index < -0.39 is 108 Å². The van der Waals surface area contributed by atoms with Gasteiger partial charge in [0.1, 0.15) is 43.1 Å². The van der Waals surface area contributed by atoms with Crippen molar-refractivity contribution in [3.05, 3.63) is 11.6 Å². The first-order valence-corrected chi connectivity index (χ1v) is 18.6. The van der Waals surface area contributed by atoms with E-state index in [0.717, 1.165) is 12.7 Å². The minimum atomic E-state index is -4.89. The van der Waals surface area contributed by atoms with Crippen molar-refractivity contribution >= 4 is 34.1 Å². The maximum Gasteiger partial charge on any atom is 0.397 e. The minimum Gasteiger partial charge on any atom is -0.394 e. The number of hydrogen-bond acceptors (Lipinski definition) is 14. The molecule has 0 bridgehead atoms. The van der Waals surface area contributed by atoms with Crippen molar-refractivity contribution < 1.29 is 66.2 Å². The van der Waals surface area contributed by atoms with Gasteiger partial charge in [-0.05, 0) is 43.9 Å². The van der Waals surface area contributed by atoms with Crippen LogP contribution in [0.2, 0.25) is 0 Å². The van der Waals surface area contributed by atoms with Crippen LogP contribution in [0.25, 0.3) is 0 Å². The molecule has 21 heteroatoms. The van der Waals surface area contributed by atoms with Gasteiger partial charge >= 0.3 is 10.4 Å². The Bertz CT molecular complexity index is 1430. The first-order valence-electron chi connectivity index (χ1n) is 17.2. The number of amides is 3. The van der Waals surface area contributed by atoms with Gasteiger partial charge in [0.05, 0.1) is 12.7 Å². The van der Waals surface area contributed by atoms with Crippen molar-refractivity contribution in [1.82, 2.24) is 20.4 Å². The van der Waals surface area contributed by atoms with Gasteiger partial charge < -0.3 is 60.8 Å². The van der Waals surface area contributed by atoms with Crippen molar-refractivity contribution in [1.29, 1.82) is 5.41 Å². The number of guanidine groups is 1. The summed E-state index contributed by atoms with van der Waals surface area (Å²) in [7, 11) is -3.78. The number of ether oxygens (including phenoxy) is 3. The highest BCUT2D eigenvalue weighted by atomic mass is 32.3. The zero-order chi connectivity index (χ0) is 38.5. The van der Waals surface area contributed by atoms with Gasteiger partial charge in [-0.15, -0.1) is 0 Å². The summed E-state index contributed by atoms with van der Waals surface area (Å²) in [5, 5.41) is 53.8. The highest BCUT2D eigenvalue weighted by molar-refractivity contribution is 7.80. The van der Waals surface area contributed by atoms with Gasteiger partial charge in [-0.1, -0.05) is 25.5 Å². The fraction of sp³-hybridized carbons (Fsp3) is 0.806. The van der Waals surface area contributed by atoms with Gasteiger partial charge in [0.15, 0.2) is 18.4 Å². The normalized spacial score (nSPS) is 31.9. The maximum atomic E-state index is 14.5. The van der Waals surface area contributed by atoms with Gasteiger partial charge in [-0.3, -0.25) is 24.3 Å². The predicted octanol–water partition coefficient (Wildman–Crippen LogP) is -3.44. The number of aliphatic hydroxyl groups is 4. The Hall–Kier alpha value is -2.99. The molecule has 0 aromatic carbocycles. The molecule has 11 atom stereocenters. The number of nitrogens with zero attached hydrogens (tertiary/aromatic N) is 2. The summed E-state index contributed by atoms with van der Waals surface area (Å²) in [4.78, 5) is 44.6. The molecule has 3 amide bonds. The van der Waals surface area contributed by atoms with Crippen LogP contribution in [-0.4, -0.2) is 168 Å². The van der Waals surface area contributed by atoms with Crippen LogP contribution < -0.4 is 16.4 Å². The average molecular weight is 765 g/mol. The summed E-state index contributed by atoms with van der Waals surface area (Å²) >= 11 is 0. The summed E-state index contributed by atoms with van der Waals surface area (Å²) in [6.45, 7) is 3.05. The summed E-state index contributed by atoms with van der Waals surface area (Å²) in [6.07, 6.45) is -5.72. The maximum absolute atomic E-state index is 14.5. The summed E-state index contributed by atoms with van der Waals surface area (Å²) in [5.41, 5.74) is 6.57. The standard InChI is InChI=1S/C31H52N6O14S/c1-15(2)23(35-28(43)22(48-3)14-49-52(45,46)47)29(44)37-19-11-18(50-30-26(41)25(40)24(39)21(13-38)51-30)5-4-17(19)10-20(37)27(42)34-8-6-16-7-9-36(12-16)31(32)33/h7,15,17-26,30,38-41H,4-6,8-14H2,1-3H3,(H3,32,33)(H,34,42)(H,35,43)(H,45,46,47). The highest BCUT2D eigenvalue weighted by Crippen LogP contribution is 2.42. The molecule has 0 aromatic heterocycles. The van der Waals surface area contributed by atoms with Crippen LogP contribution in [-0.2, 0) is 43.2 Å². The van der Waals surface area contributed by atoms with E-state index in [9.17, 15) is 43.2 Å². The van der Waals surface area contributed by atoms with Gasteiger partial charge in [0, 0.05) is 32.8 Å². The fourth-order valence-corrected chi connectivity index (χ4v) is 7.52. The van der Waals surface area contributed by atoms with Crippen molar-refractivity contribution in [2.24, 2.45) is 17.6 Å². The van der Waals surface area contributed by atoms with Crippen molar-refractivity contribution in [3.63, 3.8) is 0 Å². The largest absolute Gasteiger partial charge is 0.397 e. The minimum absolute atomic E-state index is 0.0543. The van der Waals surface area contributed by atoms with Crippen LogP contribution in [0.4, 0.5) is 0 Å². The molecule has 3 aliphatic heterocycles. The number of carbonyl (C=O) groups excluding carboxylic acids is 3. The lowest BCUT2D eigenvalue weighted by molar-refractivity contribution is -0.314. The number of likely N-dealkylation sites (tertiary alicyclic amines) is 1. The van der Waals surface area contributed by atoms with Crippen LogP contribution in [0.3, 0.4) is 0 Å². The summed E-state index contributed by atoms with van der Waals surface area (Å²) in [6, 6.07) is -2.73. The van der Waals surface area contributed by atoms with Gasteiger partial charge in [0.2, 0.25) is 11.8 Å². The second-order valence-electron chi connectivity index (χ2n) is 13.9. The molecule has 1 saturated carbocycles. The Kier molecular flexibility index (Phi) is 14.4. The van der Waals surface area contributed by atoms with Crippen molar-refractivity contribution in [2.45, 2.75) is 107 Å². The average Bonchev–Trinajstić information content (AvgIpc) is 3.72. The summed E-state index contributed by atoms with van der Waals surface area (Å²) in [5.74, 6) is -2.64. The van der Waals surface area contributed by atoms with Crippen LogP contribution in [0.15, 0.2) is 11.6 Å². The molecule has 296 valence electrons. The Morgan fingerprint density at radius 3 is 2.44 bits per heavy atom. The van der Waals surface area contributed by atoms with Crippen molar-refractivity contribution in [3.8, 4) is 0 Å². The predicted molar refractivity (Wildman–Crippen MR) is 179 cm³/mol. The third-order valence-corrected chi connectivity index (χ3v) is 10.5. The van der Waals surface area contributed by atoms with Crippen molar-refractivity contribution in [2.75, 3.05) is 40.0 Å². The SMILES string of the molecule is COC(COS(=O)(=O)O)C(=O)NC(C(=O)N1C(C(=O)NCCC2=CCN(C(=N)N)C2)CC2CCC(OC3OC(CO)C(O)C(O)C3O)CC21)C(C)C. The molecule has 0 spiro atoms. The number of carbonyl (C=O) groups is 3. The third kappa shape index (κ3) is 10.2. The number of aliphatic hydroxyl groups excluding tert-OH is 4. The zero-order valence-electron chi connectivity index (χ0n) is 29.4. The van der Waals surface area contributed by atoms with E-state index in [0.29, 0.717) is 38.8 Å². The van der Waals surface area contributed by atoms with E-state index in [1.165, 1.54) is 4.90 Å².